The molecule has 14 heteroatoms. The molecule has 1 N–H and O–H groups in total. The zero-order valence-corrected chi connectivity index (χ0v) is 32.0. The van der Waals surface area contributed by atoms with E-state index in [0.717, 1.165) is 5.56 Å². The number of nitrogens with zero attached hydrogens (tertiary/aromatic N) is 1. The third-order valence-corrected chi connectivity index (χ3v) is 5.12. The van der Waals surface area contributed by atoms with Crippen molar-refractivity contribution in [3.05, 3.63) is 48.0 Å². The van der Waals surface area contributed by atoms with Crippen LogP contribution in [0.4, 0.5) is 0 Å². The minimum absolute atomic E-state index is 0. The fourth-order valence-electron chi connectivity index (χ4n) is 3.50. The predicted molar refractivity (Wildman–Crippen MR) is 117 cm³/mol. The number of likely N-dealkylation sites (tertiary alicyclic amines) is 1. The van der Waals surface area contributed by atoms with Crippen LogP contribution in [0.15, 0.2) is 42.5 Å². The molecule has 192 valence electrons. The molecule has 1 aromatic carbocycles. The van der Waals surface area contributed by atoms with Gasteiger partial charge in [0.1, 0.15) is 6.04 Å². The topological polar surface area (TPSA) is 179 Å². The van der Waals surface area contributed by atoms with Crippen molar-refractivity contribution < 1.29 is 198 Å². The third-order valence-electron chi connectivity index (χ3n) is 5.12. The van der Waals surface area contributed by atoms with Crippen molar-refractivity contribution in [2.24, 2.45) is 0 Å². The van der Waals surface area contributed by atoms with Gasteiger partial charge < -0.3 is 39.3 Å². The van der Waals surface area contributed by atoms with Gasteiger partial charge >= 0.3 is 160 Å². The summed E-state index contributed by atoms with van der Waals surface area (Å²) in [5.74, 6) is -5.08. The van der Waals surface area contributed by atoms with Gasteiger partial charge in [-0.15, -0.1) is 0 Å². The number of carboxylic acids is 3. The summed E-state index contributed by atoms with van der Waals surface area (Å²) in [6.45, 7) is 4.01. The van der Waals surface area contributed by atoms with Gasteiger partial charge in [-0.25, -0.2) is 0 Å². The van der Waals surface area contributed by atoms with Gasteiger partial charge in [0.2, 0.25) is 5.91 Å². The number of hydrogen-bond donors (Lipinski definition) is 1. The predicted octanol–water partition coefficient (Wildman–Crippen LogP) is -11.7. The van der Waals surface area contributed by atoms with Gasteiger partial charge in [0.15, 0.2) is 0 Å². The van der Waals surface area contributed by atoms with Crippen molar-refractivity contribution in [2.75, 3.05) is 13.2 Å². The summed E-state index contributed by atoms with van der Waals surface area (Å²) in [6.07, 6.45) is 2.93. The van der Waals surface area contributed by atoms with Crippen LogP contribution >= 0.6 is 0 Å². The summed E-state index contributed by atoms with van der Waals surface area (Å²) in [5.41, 5.74) is 1.09. The third kappa shape index (κ3) is 17.9. The second-order valence-corrected chi connectivity index (χ2v) is 7.70. The second-order valence-electron chi connectivity index (χ2n) is 7.70. The molecule has 0 saturated carbocycles. The molecule has 2 rings (SSSR count). The number of esters is 1. The quantitative estimate of drug-likeness (QED) is 0.144. The van der Waals surface area contributed by atoms with E-state index < -0.39 is 42.0 Å². The van der Waals surface area contributed by atoms with Crippen LogP contribution in [0.1, 0.15) is 38.7 Å². The van der Waals surface area contributed by atoms with Crippen molar-refractivity contribution in [3.63, 3.8) is 0 Å². The normalized spacial score (nSPS) is 15.3. The van der Waals surface area contributed by atoms with E-state index in [9.17, 15) is 39.3 Å². The van der Waals surface area contributed by atoms with Crippen molar-refractivity contribution in [1.29, 1.82) is 0 Å². The maximum Gasteiger partial charge on any atom is 1.00 e. The minimum Gasteiger partial charge on any atom is -0.548 e. The van der Waals surface area contributed by atoms with Crippen LogP contribution in [0.25, 0.3) is 0 Å². The van der Waals surface area contributed by atoms with Gasteiger partial charge in [-0.1, -0.05) is 30.3 Å². The molecule has 3 atom stereocenters. The van der Waals surface area contributed by atoms with Gasteiger partial charge in [0, 0.05) is 6.54 Å². The first kappa shape index (κ1) is 43.6. The van der Waals surface area contributed by atoms with Crippen LogP contribution in [0.2, 0.25) is 0 Å². The van der Waals surface area contributed by atoms with Crippen molar-refractivity contribution >= 4 is 29.8 Å². The molecule has 1 saturated heterocycles. The Bertz CT molecular complexity index is 901. The average molecular weight is 607 g/mol. The Morgan fingerprint density at radius 3 is 2.05 bits per heavy atom. The van der Waals surface area contributed by atoms with Gasteiger partial charge in [0.05, 0.1) is 36.6 Å². The summed E-state index contributed by atoms with van der Waals surface area (Å²) < 4.78 is 5.13. The van der Waals surface area contributed by atoms with Crippen LogP contribution in [0.3, 0.4) is 0 Å². The minimum atomic E-state index is -1.55. The van der Waals surface area contributed by atoms with Crippen molar-refractivity contribution in [3.8, 4) is 0 Å². The van der Waals surface area contributed by atoms with Crippen LogP contribution in [0, 0.1) is 0 Å². The number of carbonyl (C=O) groups is 5. The van der Waals surface area contributed by atoms with Gasteiger partial charge in [-0.3, -0.25) is 14.9 Å². The first-order chi connectivity index (χ1) is 16.6. The standard InChI is InChI=1S/C20H28N2O5.C4H4O4.3K/c1-3-27-20(26)16(12-11-15-8-5-4-6-9-15)21-14(2)18(23)22-13-7-10-17(22)19(24)25;5-3(6)1-2-4(7)8;;;/h4-6,8-9,14,16-17,21H,3,7,10-13H2,1-2H3,(H,24,25);1-2H,(H,5,6)(H,7,8);;;/q;;3*+1/p-3/b;2-1-;;;/t14-,16-,17-;;;;/m0..../s1. The van der Waals surface area contributed by atoms with Gasteiger partial charge in [0.25, 0.3) is 0 Å². The SMILES string of the molecule is CCOC(=O)[C@H](CCc1ccccc1)N[C@@H](C)C(=O)N1CCC[C@H]1C(=O)[O-].O=C([O-])/C=C\C(=O)[O-].[K+].[K+].[K+]. The number of benzene rings is 1. The largest absolute Gasteiger partial charge is 1.00 e. The first-order valence-corrected chi connectivity index (χ1v) is 11.1. The number of hydrogen-bond acceptors (Lipinski definition) is 10. The van der Waals surface area contributed by atoms with E-state index in [1.165, 1.54) is 4.90 Å². The molecule has 1 amide bonds. The maximum absolute atomic E-state index is 12.7. The van der Waals surface area contributed by atoms with E-state index in [0.29, 0.717) is 44.4 Å². The molecule has 1 aliphatic rings. The molecule has 0 radical (unpaired) electrons. The van der Waals surface area contributed by atoms with Crippen molar-refractivity contribution in [1.82, 2.24) is 10.2 Å². The molecule has 11 nitrogen and oxygen atoms in total. The average Bonchev–Trinajstić information content (AvgIpc) is 3.31. The molecule has 1 heterocycles. The molecule has 1 aliphatic heterocycles. The summed E-state index contributed by atoms with van der Waals surface area (Å²) in [6, 6.07) is 7.51. The number of nitrogens with one attached hydrogen (secondary N) is 1. The number of rotatable bonds is 11. The Morgan fingerprint density at radius 1 is 1.03 bits per heavy atom. The monoisotopic (exact) mass is 606 g/mol. The second kappa shape index (κ2) is 24.7. The molecule has 1 aromatic rings. The van der Waals surface area contributed by atoms with E-state index in [1.54, 1.807) is 13.8 Å². The van der Waals surface area contributed by atoms with Gasteiger partial charge in [-0.05, 0) is 57.2 Å². The van der Waals surface area contributed by atoms with E-state index in [4.69, 9.17) is 4.74 Å². The van der Waals surface area contributed by atoms with Crippen LogP contribution < -0.4 is 175 Å². The van der Waals surface area contributed by atoms with Crippen LogP contribution in [-0.4, -0.2) is 66.0 Å². The summed E-state index contributed by atoms with van der Waals surface area (Å²) in [5, 5.41) is 33.1. The van der Waals surface area contributed by atoms with E-state index in [1.807, 2.05) is 30.3 Å². The molecular formula is C24H29K3N2O9. The zero-order valence-electron chi connectivity index (χ0n) is 22.6. The number of amides is 1. The van der Waals surface area contributed by atoms with Crippen LogP contribution in [-0.2, 0) is 35.1 Å². The zero-order chi connectivity index (χ0) is 26.4. The Kier molecular flexibility index (Phi) is 28.4. The van der Waals surface area contributed by atoms with E-state index >= 15 is 0 Å². The Morgan fingerprint density at radius 2 is 1.58 bits per heavy atom. The fraction of sp³-hybridized carbons (Fsp3) is 0.458. The maximum atomic E-state index is 12.7. The summed E-state index contributed by atoms with van der Waals surface area (Å²) in [4.78, 5) is 56.3. The molecule has 0 unspecified atom stereocenters. The fourth-order valence-corrected chi connectivity index (χ4v) is 3.50. The number of carboxylic acid groups (broad SMARTS) is 3. The summed E-state index contributed by atoms with van der Waals surface area (Å²) in [7, 11) is 0. The Balaban J connectivity index is -0.000000973. The summed E-state index contributed by atoms with van der Waals surface area (Å²) >= 11 is 0. The molecule has 1 fully saturated rings. The van der Waals surface area contributed by atoms with Gasteiger partial charge in [-0.2, -0.15) is 0 Å². The van der Waals surface area contributed by atoms with Crippen molar-refractivity contribution in [2.45, 2.75) is 57.7 Å². The first-order valence-electron chi connectivity index (χ1n) is 11.1. The molecule has 38 heavy (non-hydrogen) atoms. The van der Waals surface area contributed by atoms with E-state index in [-0.39, 0.29) is 167 Å². The Hall–Kier alpha value is 1.18. The number of aliphatic carboxylic acids is 3. The molecule has 0 spiro atoms. The number of ether oxygens (including phenoxy) is 1. The molecule has 0 bridgehead atoms. The molecule has 0 aliphatic carbocycles. The smallest absolute Gasteiger partial charge is 0.548 e. The van der Waals surface area contributed by atoms with E-state index in [2.05, 4.69) is 5.32 Å². The number of carbonyl (C=O) groups excluding carboxylic acids is 5. The Labute approximate surface area is 350 Å². The van der Waals surface area contributed by atoms with Crippen LogP contribution in [0.5, 0.6) is 0 Å². The number of aryl methyl sites for hydroxylation is 1. The molecule has 0 aromatic heterocycles. The molecular weight excluding hydrogens is 578 g/mol.